The third-order valence-electron chi connectivity index (χ3n) is 1.80. The molecular formula is C11H15ClO3. The Morgan fingerprint density at radius 1 is 1.20 bits per heavy atom. The number of aliphatic carboxylic acids is 1. The van der Waals surface area contributed by atoms with Crippen molar-refractivity contribution in [2.24, 2.45) is 0 Å². The number of carboxylic acids is 1. The molecule has 0 atom stereocenters. The molecule has 1 N–H and O–H groups in total. The van der Waals surface area contributed by atoms with Crippen LogP contribution in [0.1, 0.15) is 19.3 Å². The zero-order valence-corrected chi connectivity index (χ0v) is 9.20. The molecule has 0 spiro atoms. The van der Waals surface area contributed by atoms with Gasteiger partial charge < -0.3 is 9.84 Å². The van der Waals surface area contributed by atoms with Gasteiger partial charge in [0, 0.05) is 6.42 Å². The number of carboxylic acid groups (broad SMARTS) is 1. The second-order valence-electron chi connectivity index (χ2n) is 3.01. The van der Waals surface area contributed by atoms with Crippen molar-refractivity contribution in [2.45, 2.75) is 19.3 Å². The van der Waals surface area contributed by atoms with Gasteiger partial charge in [0.15, 0.2) is 0 Å². The van der Waals surface area contributed by atoms with E-state index in [1.165, 1.54) is 0 Å². The second kappa shape index (κ2) is 8.12. The minimum absolute atomic E-state index is 0. The quantitative estimate of drug-likeness (QED) is 0.765. The number of hydrogen-bond acceptors (Lipinski definition) is 2. The van der Waals surface area contributed by atoms with Crippen LogP contribution >= 0.6 is 12.4 Å². The van der Waals surface area contributed by atoms with Crippen molar-refractivity contribution in [3.05, 3.63) is 30.3 Å². The van der Waals surface area contributed by atoms with Crippen molar-refractivity contribution >= 4 is 18.4 Å². The summed E-state index contributed by atoms with van der Waals surface area (Å²) in [4.78, 5) is 10.2. The van der Waals surface area contributed by atoms with Gasteiger partial charge in [-0.3, -0.25) is 4.79 Å². The Morgan fingerprint density at radius 2 is 1.87 bits per heavy atom. The molecule has 1 aromatic rings. The lowest BCUT2D eigenvalue weighted by atomic mass is 10.2. The Bertz CT molecular complexity index is 274. The molecule has 1 rings (SSSR count). The lowest BCUT2D eigenvalue weighted by molar-refractivity contribution is -0.137. The Kier molecular flexibility index (Phi) is 7.46. The Balaban J connectivity index is 0.00000196. The van der Waals surface area contributed by atoms with E-state index >= 15 is 0 Å². The predicted octanol–water partition coefficient (Wildman–Crippen LogP) is 2.74. The van der Waals surface area contributed by atoms with Crippen molar-refractivity contribution < 1.29 is 14.6 Å². The summed E-state index contributed by atoms with van der Waals surface area (Å²) >= 11 is 0. The molecule has 1 aromatic carbocycles. The molecule has 0 aromatic heterocycles. The third-order valence-corrected chi connectivity index (χ3v) is 1.80. The monoisotopic (exact) mass is 230 g/mol. The standard InChI is InChI=1S/C11H14O3.ClH/c12-11(13)8-4-5-9-14-10-6-2-1-3-7-10;/h1-3,6-7H,4-5,8-9H2,(H,12,13);1H. The second-order valence-corrected chi connectivity index (χ2v) is 3.01. The van der Waals surface area contributed by atoms with Gasteiger partial charge in [-0.25, -0.2) is 0 Å². The highest BCUT2D eigenvalue weighted by Crippen LogP contribution is 2.09. The van der Waals surface area contributed by atoms with E-state index in [4.69, 9.17) is 9.84 Å². The highest BCUT2D eigenvalue weighted by molar-refractivity contribution is 5.85. The van der Waals surface area contributed by atoms with E-state index in [1.54, 1.807) is 0 Å². The van der Waals surface area contributed by atoms with Crippen molar-refractivity contribution in [1.82, 2.24) is 0 Å². The first kappa shape index (κ1) is 13.8. The largest absolute Gasteiger partial charge is 0.494 e. The predicted molar refractivity (Wildman–Crippen MR) is 60.7 cm³/mol. The lowest BCUT2D eigenvalue weighted by Crippen LogP contribution is -2.00. The lowest BCUT2D eigenvalue weighted by Gasteiger charge is -2.04. The van der Waals surface area contributed by atoms with Crippen molar-refractivity contribution in [3.63, 3.8) is 0 Å². The van der Waals surface area contributed by atoms with E-state index in [0.29, 0.717) is 13.0 Å². The van der Waals surface area contributed by atoms with Gasteiger partial charge in [-0.15, -0.1) is 12.4 Å². The van der Waals surface area contributed by atoms with Crippen LogP contribution in [-0.2, 0) is 4.79 Å². The summed E-state index contributed by atoms with van der Waals surface area (Å²) in [6.07, 6.45) is 1.67. The van der Waals surface area contributed by atoms with Crippen LogP contribution in [0.3, 0.4) is 0 Å². The number of halogens is 1. The molecule has 0 heterocycles. The number of unbranched alkanes of at least 4 members (excludes halogenated alkanes) is 1. The zero-order valence-electron chi connectivity index (χ0n) is 8.39. The normalized spacial score (nSPS) is 9.07. The minimum atomic E-state index is -0.746. The van der Waals surface area contributed by atoms with Crippen molar-refractivity contribution in [3.8, 4) is 5.75 Å². The van der Waals surface area contributed by atoms with E-state index in [-0.39, 0.29) is 18.8 Å². The summed E-state index contributed by atoms with van der Waals surface area (Å²) in [6, 6.07) is 9.52. The Labute approximate surface area is 95.5 Å². The fraction of sp³-hybridized carbons (Fsp3) is 0.364. The molecular weight excluding hydrogens is 216 g/mol. The molecule has 0 fully saturated rings. The molecule has 0 radical (unpaired) electrons. The number of ether oxygens (including phenoxy) is 1. The van der Waals surface area contributed by atoms with Crippen molar-refractivity contribution in [2.75, 3.05) is 6.61 Å². The van der Waals surface area contributed by atoms with Gasteiger partial charge in [-0.05, 0) is 25.0 Å². The van der Waals surface area contributed by atoms with E-state index in [2.05, 4.69) is 0 Å². The van der Waals surface area contributed by atoms with Gasteiger partial charge in [0.05, 0.1) is 6.61 Å². The molecule has 0 bridgehead atoms. The van der Waals surface area contributed by atoms with Crippen LogP contribution in [0.5, 0.6) is 5.75 Å². The first-order valence-corrected chi connectivity index (χ1v) is 4.68. The number of rotatable bonds is 6. The summed E-state index contributed by atoms with van der Waals surface area (Å²) < 4.78 is 5.39. The molecule has 84 valence electrons. The first-order chi connectivity index (χ1) is 6.79. The molecule has 0 unspecified atom stereocenters. The van der Waals surface area contributed by atoms with Crippen LogP contribution in [0.4, 0.5) is 0 Å². The summed E-state index contributed by atoms with van der Waals surface area (Å²) in [7, 11) is 0. The summed E-state index contributed by atoms with van der Waals surface area (Å²) in [5.41, 5.74) is 0. The third kappa shape index (κ3) is 6.80. The van der Waals surface area contributed by atoms with Crippen molar-refractivity contribution in [1.29, 1.82) is 0 Å². The van der Waals surface area contributed by atoms with Crippen LogP contribution in [0.25, 0.3) is 0 Å². The maximum Gasteiger partial charge on any atom is 0.303 e. The summed E-state index contributed by atoms with van der Waals surface area (Å²) in [5.74, 6) is 0.0903. The Morgan fingerprint density at radius 3 is 2.47 bits per heavy atom. The van der Waals surface area contributed by atoms with E-state index in [0.717, 1.165) is 12.2 Å². The van der Waals surface area contributed by atoms with Gasteiger partial charge in [0.1, 0.15) is 5.75 Å². The fourth-order valence-electron chi connectivity index (χ4n) is 1.09. The van der Waals surface area contributed by atoms with Gasteiger partial charge in [0.25, 0.3) is 0 Å². The molecule has 0 saturated carbocycles. The maximum absolute atomic E-state index is 10.2. The molecule has 0 saturated heterocycles. The van der Waals surface area contributed by atoms with Crippen LogP contribution < -0.4 is 4.74 Å². The minimum Gasteiger partial charge on any atom is -0.494 e. The van der Waals surface area contributed by atoms with Gasteiger partial charge >= 0.3 is 5.97 Å². The summed E-state index contributed by atoms with van der Waals surface area (Å²) in [6.45, 7) is 0.581. The van der Waals surface area contributed by atoms with Gasteiger partial charge in [-0.1, -0.05) is 18.2 Å². The number of benzene rings is 1. The van der Waals surface area contributed by atoms with Crippen LogP contribution in [0, 0.1) is 0 Å². The average molecular weight is 231 g/mol. The molecule has 0 aliphatic rings. The smallest absolute Gasteiger partial charge is 0.303 e. The molecule has 3 nitrogen and oxygen atoms in total. The van der Waals surface area contributed by atoms with Crippen LogP contribution in [0.15, 0.2) is 30.3 Å². The van der Waals surface area contributed by atoms with E-state index < -0.39 is 5.97 Å². The number of para-hydroxylation sites is 1. The van der Waals surface area contributed by atoms with Crippen LogP contribution in [0.2, 0.25) is 0 Å². The molecule has 0 amide bonds. The summed E-state index contributed by atoms with van der Waals surface area (Å²) in [5, 5.41) is 8.39. The number of carbonyl (C=O) groups is 1. The van der Waals surface area contributed by atoms with E-state index in [1.807, 2.05) is 30.3 Å². The Hall–Kier alpha value is -1.22. The molecule has 0 aliphatic carbocycles. The van der Waals surface area contributed by atoms with Gasteiger partial charge in [-0.2, -0.15) is 0 Å². The first-order valence-electron chi connectivity index (χ1n) is 4.68. The molecule has 0 aliphatic heterocycles. The molecule has 15 heavy (non-hydrogen) atoms. The number of hydrogen-bond donors (Lipinski definition) is 1. The molecule has 4 heteroatoms. The van der Waals surface area contributed by atoms with Gasteiger partial charge in [0.2, 0.25) is 0 Å². The fourth-order valence-corrected chi connectivity index (χ4v) is 1.09. The highest BCUT2D eigenvalue weighted by atomic mass is 35.5. The SMILES string of the molecule is Cl.O=C(O)CCCCOc1ccccc1. The highest BCUT2D eigenvalue weighted by Gasteiger charge is 1.96. The van der Waals surface area contributed by atoms with E-state index in [9.17, 15) is 4.79 Å². The van der Waals surface area contributed by atoms with Crippen LogP contribution in [-0.4, -0.2) is 17.7 Å². The maximum atomic E-state index is 10.2. The topological polar surface area (TPSA) is 46.5 Å². The average Bonchev–Trinajstić information content (AvgIpc) is 2.18. The zero-order chi connectivity index (χ0) is 10.2.